The monoisotopic (exact) mass is 242 g/mol. The Kier molecular flexibility index (Phi) is 3.51. The molecule has 0 unspecified atom stereocenters. The predicted octanol–water partition coefficient (Wildman–Crippen LogP) is 3.43. The van der Waals surface area contributed by atoms with Gasteiger partial charge < -0.3 is 10.5 Å². The average molecular weight is 242 g/mol. The number of pyridine rings is 1. The first kappa shape index (κ1) is 12.4. The lowest BCUT2D eigenvalue weighted by molar-refractivity contribution is 0.241. The molecule has 1 heterocycles. The Morgan fingerprint density at radius 3 is 2.56 bits per heavy atom. The molecule has 2 N–H and O–H groups in total. The number of rotatable bonds is 3. The van der Waals surface area contributed by atoms with Gasteiger partial charge in [-0.1, -0.05) is 12.1 Å². The van der Waals surface area contributed by atoms with Crippen LogP contribution in [0.5, 0.6) is 5.75 Å². The molecule has 1 aromatic heterocycles. The van der Waals surface area contributed by atoms with Gasteiger partial charge in [0, 0.05) is 17.4 Å². The first-order valence-corrected chi connectivity index (χ1v) is 6.04. The minimum absolute atomic E-state index is 0.144. The Morgan fingerprint density at radius 1 is 1.11 bits per heavy atom. The number of nitrogen functional groups attached to an aromatic ring is 1. The van der Waals surface area contributed by atoms with Crippen molar-refractivity contribution in [3.05, 3.63) is 42.2 Å². The zero-order chi connectivity index (χ0) is 13.1. The molecule has 0 saturated heterocycles. The van der Waals surface area contributed by atoms with Gasteiger partial charge in [-0.25, -0.2) is 0 Å². The van der Waals surface area contributed by atoms with Crippen LogP contribution in [0.4, 0.5) is 5.69 Å². The lowest BCUT2D eigenvalue weighted by Gasteiger charge is -2.11. The van der Waals surface area contributed by atoms with Gasteiger partial charge in [-0.2, -0.15) is 0 Å². The van der Waals surface area contributed by atoms with Crippen LogP contribution in [0.1, 0.15) is 19.4 Å². The first-order chi connectivity index (χ1) is 8.56. The Bertz CT molecular complexity index is 550. The molecule has 0 spiro atoms. The molecule has 2 aromatic rings. The smallest absolute Gasteiger partial charge is 0.138 e. The number of nitrogens with two attached hydrogens (primary N) is 1. The van der Waals surface area contributed by atoms with Crippen LogP contribution in [-0.4, -0.2) is 11.1 Å². The van der Waals surface area contributed by atoms with E-state index in [2.05, 4.69) is 4.98 Å². The molecule has 0 atom stereocenters. The quantitative estimate of drug-likeness (QED) is 0.839. The summed E-state index contributed by atoms with van der Waals surface area (Å²) in [5, 5.41) is 0. The predicted molar refractivity (Wildman–Crippen MR) is 74.6 cm³/mol. The summed E-state index contributed by atoms with van der Waals surface area (Å²) in [7, 11) is 0. The number of ether oxygens (including phenoxy) is 1. The molecular weight excluding hydrogens is 224 g/mol. The SMILES string of the molecule is Cc1ccc(-c2cncc(OC(C)C)c2)cc1N. The van der Waals surface area contributed by atoms with Crippen LogP contribution in [0.15, 0.2) is 36.7 Å². The van der Waals surface area contributed by atoms with Crippen LogP contribution >= 0.6 is 0 Å². The second-order valence-corrected chi connectivity index (χ2v) is 4.65. The fourth-order valence-corrected chi connectivity index (χ4v) is 1.73. The molecule has 1 aromatic carbocycles. The van der Waals surface area contributed by atoms with Crippen molar-refractivity contribution in [2.24, 2.45) is 0 Å². The van der Waals surface area contributed by atoms with Gasteiger partial charge in [0.1, 0.15) is 5.75 Å². The Morgan fingerprint density at radius 2 is 1.89 bits per heavy atom. The lowest BCUT2D eigenvalue weighted by Crippen LogP contribution is -2.05. The second kappa shape index (κ2) is 5.08. The minimum Gasteiger partial charge on any atom is -0.489 e. The van der Waals surface area contributed by atoms with E-state index in [1.807, 2.05) is 51.2 Å². The van der Waals surface area contributed by atoms with E-state index in [0.29, 0.717) is 0 Å². The second-order valence-electron chi connectivity index (χ2n) is 4.65. The highest BCUT2D eigenvalue weighted by Gasteiger charge is 2.04. The van der Waals surface area contributed by atoms with Crippen LogP contribution in [0.3, 0.4) is 0 Å². The molecule has 0 saturated carbocycles. The highest BCUT2D eigenvalue weighted by molar-refractivity contribution is 5.69. The summed E-state index contributed by atoms with van der Waals surface area (Å²) in [4.78, 5) is 4.20. The van der Waals surface area contributed by atoms with Gasteiger partial charge in [-0.3, -0.25) is 4.98 Å². The van der Waals surface area contributed by atoms with Gasteiger partial charge in [-0.05, 0) is 44.0 Å². The normalized spacial score (nSPS) is 10.7. The van der Waals surface area contributed by atoms with E-state index in [0.717, 1.165) is 28.1 Å². The Balaban J connectivity index is 2.35. The van der Waals surface area contributed by atoms with Crippen molar-refractivity contribution in [2.75, 3.05) is 5.73 Å². The van der Waals surface area contributed by atoms with Crippen molar-refractivity contribution >= 4 is 5.69 Å². The summed E-state index contributed by atoms with van der Waals surface area (Å²) in [5.74, 6) is 0.779. The summed E-state index contributed by atoms with van der Waals surface area (Å²) >= 11 is 0. The number of anilines is 1. The van der Waals surface area contributed by atoms with E-state index in [9.17, 15) is 0 Å². The van der Waals surface area contributed by atoms with Crippen LogP contribution in [0.2, 0.25) is 0 Å². The lowest BCUT2D eigenvalue weighted by atomic mass is 10.0. The van der Waals surface area contributed by atoms with Gasteiger partial charge in [-0.15, -0.1) is 0 Å². The van der Waals surface area contributed by atoms with Gasteiger partial charge >= 0.3 is 0 Å². The van der Waals surface area contributed by atoms with E-state index >= 15 is 0 Å². The van der Waals surface area contributed by atoms with Crippen LogP contribution in [0, 0.1) is 6.92 Å². The third-order valence-corrected chi connectivity index (χ3v) is 2.70. The third-order valence-electron chi connectivity index (χ3n) is 2.70. The Labute approximate surface area is 108 Å². The highest BCUT2D eigenvalue weighted by atomic mass is 16.5. The Hall–Kier alpha value is -2.03. The fourth-order valence-electron chi connectivity index (χ4n) is 1.73. The number of aryl methyl sites for hydroxylation is 1. The maximum Gasteiger partial charge on any atom is 0.138 e. The number of hydrogen-bond donors (Lipinski definition) is 1. The average Bonchev–Trinajstić information content (AvgIpc) is 2.32. The van der Waals surface area contributed by atoms with Gasteiger partial charge in [0.2, 0.25) is 0 Å². The molecule has 0 radical (unpaired) electrons. The highest BCUT2D eigenvalue weighted by Crippen LogP contribution is 2.26. The summed E-state index contributed by atoms with van der Waals surface area (Å²) in [5.41, 5.74) is 9.87. The summed E-state index contributed by atoms with van der Waals surface area (Å²) in [6.45, 7) is 5.99. The number of nitrogens with zero attached hydrogens (tertiary/aromatic N) is 1. The first-order valence-electron chi connectivity index (χ1n) is 6.04. The summed E-state index contributed by atoms with van der Waals surface area (Å²) in [6.07, 6.45) is 3.68. The van der Waals surface area contributed by atoms with Crippen molar-refractivity contribution in [3.63, 3.8) is 0 Å². The van der Waals surface area contributed by atoms with Crippen LogP contribution in [-0.2, 0) is 0 Å². The van der Waals surface area contributed by atoms with Crippen molar-refractivity contribution in [2.45, 2.75) is 26.9 Å². The van der Waals surface area contributed by atoms with Crippen molar-refractivity contribution in [3.8, 4) is 16.9 Å². The minimum atomic E-state index is 0.144. The van der Waals surface area contributed by atoms with E-state index < -0.39 is 0 Å². The number of hydrogen-bond acceptors (Lipinski definition) is 3. The molecule has 0 aliphatic carbocycles. The molecular formula is C15H18N2O. The van der Waals surface area contributed by atoms with Crippen LogP contribution in [0.25, 0.3) is 11.1 Å². The van der Waals surface area contributed by atoms with Gasteiger partial charge in [0.15, 0.2) is 0 Å². The van der Waals surface area contributed by atoms with E-state index in [1.165, 1.54) is 0 Å². The van der Waals surface area contributed by atoms with E-state index in [4.69, 9.17) is 10.5 Å². The number of benzene rings is 1. The molecule has 0 aliphatic heterocycles. The van der Waals surface area contributed by atoms with Crippen LogP contribution < -0.4 is 10.5 Å². The maximum absolute atomic E-state index is 5.93. The summed E-state index contributed by atoms with van der Waals surface area (Å²) < 4.78 is 5.64. The van der Waals surface area contributed by atoms with Gasteiger partial charge in [0.25, 0.3) is 0 Å². The van der Waals surface area contributed by atoms with E-state index in [1.54, 1.807) is 6.20 Å². The zero-order valence-corrected chi connectivity index (χ0v) is 11.0. The standard InChI is InChI=1S/C15H18N2O/c1-10(2)18-14-6-13(8-17-9-14)12-5-4-11(3)15(16)7-12/h4-10H,16H2,1-3H3. The molecule has 0 fully saturated rings. The summed E-state index contributed by atoms with van der Waals surface area (Å²) in [6, 6.07) is 8.01. The van der Waals surface area contributed by atoms with Crippen molar-refractivity contribution in [1.82, 2.24) is 4.98 Å². The topological polar surface area (TPSA) is 48.1 Å². The molecule has 2 rings (SSSR count). The molecule has 94 valence electrons. The van der Waals surface area contributed by atoms with Gasteiger partial charge in [0.05, 0.1) is 12.3 Å². The molecule has 0 bridgehead atoms. The largest absolute Gasteiger partial charge is 0.489 e. The number of aromatic nitrogens is 1. The molecule has 18 heavy (non-hydrogen) atoms. The molecule has 0 aliphatic rings. The van der Waals surface area contributed by atoms with Crippen molar-refractivity contribution < 1.29 is 4.74 Å². The fraction of sp³-hybridized carbons (Fsp3) is 0.267. The molecule has 3 heteroatoms. The third kappa shape index (κ3) is 2.80. The zero-order valence-electron chi connectivity index (χ0n) is 11.0. The molecule has 3 nitrogen and oxygen atoms in total. The maximum atomic E-state index is 5.93. The van der Waals surface area contributed by atoms with Crippen molar-refractivity contribution in [1.29, 1.82) is 0 Å². The molecule has 0 amide bonds. The van der Waals surface area contributed by atoms with E-state index in [-0.39, 0.29) is 6.10 Å².